The van der Waals surface area contributed by atoms with Crippen LogP contribution in [-0.2, 0) is 13.6 Å². The van der Waals surface area contributed by atoms with Crippen LogP contribution in [0, 0.1) is 6.92 Å². The number of ether oxygens (including phenoxy) is 1. The molecule has 0 aliphatic rings. The van der Waals surface area contributed by atoms with E-state index >= 15 is 0 Å². The van der Waals surface area contributed by atoms with Crippen LogP contribution < -0.4 is 10.1 Å². The van der Waals surface area contributed by atoms with Gasteiger partial charge in [-0.1, -0.05) is 29.3 Å². The van der Waals surface area contributed by atoms with Gasteiger partial charge in [0.15, 0.2) is 0 Å². The van der Waals surface area contributed by atoms with E-state index in [1.165, 1.54) is 0 Å². The summed E-state index contributed by atoms with van der Waals surface area (Å²) in [6, 6.07) is 5.15. The summed E-state index contributed by atoms with van der Waals surface area (Å²) >= 11 is 11.9. The van der Waals surface area contributed by atoms with Gasteiger partial charge in [-0.3, -0.25) is 4.68 Å². The highest BCUT2D eigenvalue weighted by molar-refractivity contribution is 6.42. The number of hydrogen-bond donors (Lipinski definition) is 2. The number of benzene rings is 1. The zero-order chi connectivity index (χ0) is 16.1. The Morgan fingerprint density at radius 1 is 1.41 bits per heavy atom. The minimum absolute atomic E-state index is 0.138. The molecule has 1 atom stereocenters. The molecule has 0 aliphatic carbocycles. The van der Waals surface area contributed by atoms with E-state index in [1.807, 2.05) is 24.9 Å². The maximum atomic E-state index is 9.94. The number of nitrogens with one attached hydrogen (secondary N) is 1. The molecule has 0 fully saturated rings. The van der Waals surface area contributed by atoms with Gasteiger partial charge in [-0.2, -0.15) is 5.10 Å². The van der Waals surface area contributed by atoms with E-state index in [0.717, 1.165) is 11.3 Å². The highest BCUT2D eigenvalue weighted by atomic mass is 35.5. The van der Waals surface area contributed by atoms with Crippen molar-refractivity contribution in [3.8, 4) is 5.75 Å². The Balaban J connectivity index is 1.75. The van der Waals surface area contributed by atoms with Crippen LogP contribution in [0.3, 0.4) is 0 Å². The van der Waals surface area contributed by atoms with E-state index in [0.29, 0.717) is 28.9 Å². The zero-order valence-corrected chi connectivity index (χ0v) is 14.0. The van der Waals surface area contributed by atoms with Crippen LogP contribution in [0.2, 0.25) is 10.0 Å². The van der Waals surface area contributed by atoms with Crippen molar-refractivity contribution in [1.29, 1.82) is 0 Å². The highest BCUT2D eigenvalue weighted by Gasteiger charge is 2.10. The van der Waals surface area contributed by atoms with Gasteiger partial charge in [-0.25, -0.2) is 0 Å². The fourth-order valence-corrected chi connectivity index (χ4v) is 2.28. The highest BCUT2D eigenvalue weighted by Crippen LogP contribution is 2.31. The third-order valence-corrected chi connectivity index (χ3v) is 4.18. The SMILES string of the molecule is Cc1c(CNCC(O)COc2cccc(Cl)c2Cl)cnn1C. The fourth-order valence-electron chi connectivity index (χ4n) is 1.93. The average molecular weight is 344 g/mol. The molecule has 2 aromatic rings. The van der Waals surface area contributed by atoms with Crippen molar-refractivity contribution < 1.29 is 9.84 Å². The van der Waals surface area contributed by atoms with Gasteiger partial charge in [-0.15, -0.1) is 0 Å². The van der Waals surface area contributed by atoms with Crippen molar-refractivity contribution >= 4 is 23.2 Å². The molecule has 0 bridgehead atoms. The molecule has 1 heterocycles. The first-order chi connectivity index (χ1) is 10.5. The van der Waals surface area contributed by atoms with E-state index < -0.39 is 6.10 Å². The van der Waals surface area contributed by atoms with E-state index in [2.05, 4.69) is 10.4 Å². The van der Waals surface area contributed by atoms with Crippen LogP contribution in [-0.4, -0.2) is 34.1 Å². The second-order valence-corrected chi connectivity index (χ2v) is 5.81. The maximum Gasteiger partial charge on any atom is 0.139 e. The van der Waals surface area contributed by atoms with E-state index in [4.69, 9.17) is 27.9 Å². The van der Waals surface area contributed by atoms with Gasteiger partial charge in [0.05, 0.1) is 11.2 Å². The van der Waals surface area contributed by atoms with Gasteiger partial charge in [0.2, 0.25) is 0 Å². The number of aromatic nitrogens is 2. The van der Waals surface area contributed by atoms with Gasteiger partial charge >= 0.3 is 0 Å². The van der Waals surface area contributed by atoms with Crippen LogP contribution in [0.4, 0.5) is 0 Å². The van der Waals surface area contributed by atoms with E-state index in [1.54, 1.807) is 18.2 Å². The third kappa shape index (κ3) is 4.36. The third-order valence-electron chi connectivity index (χ3n) is 3.38. The number of aliphatic hydroxyl groups is 1. The summed E-state index contributed by atoms with van der Waals surface area (Å²) in [5, 5.41) is 18.1. The first-order valence-electron chi connectivity index (χ1n) is 6.92. The smallest absolute Gasteiger partial charge is 0.139 e. The lowest BCUT2D eigenvalue weighted by atomic mass is 10.2. The number of rotatable bonds is 7. The zero-order valence-electron chi connectivity index (χ0n) is 12.5. The van der Waals surface area contributed by atoms with Crippen LogP contribution in [0.25, 0.3) is 0 Å². The molecule has 0 saturated carbocycles. The molecular weight excluding hydrogens is 325 g/mol. The summed E-state index contributed by atoms with van der Waals surface area (Å²) in [4.78, 5) is 0. The molecule has 2 N–H and O–H groups in total. The van der Waals surface area contributed by atoms with Crippen LogP contribution in [0.15, 0.2) is 24.4 Å². The second kappa shape index (κ2) is 7.83. The predicted molar refractivity (Wildman–Crippen MR) is 87.6 cm³/mol. The molecule has 0 saturated heterocycles. The number of hydrogen-bond acceptors (Lipinski definition) is 4. The lowest BCUT2D eigenvalue weighted by molar-refractivity contribution is 0.106. The molecule has 22 heavy (non-hydrogen) atoms. The average Bonchev–Trinajstić information content (AvgIpc) is 2.81. The standard InChI is InChI=1S/C15H19Cl2N3O2/c1-10-11(7-19-20(10)2)6-18-8-12(21)9-22-14-5-3-4-13(16)15(14)17/h3-5,7,12,18,21H,6,8-9H2,1-2H3. The Kier molecular flexibility index (Phi) is 6.08. The molecule has 2 rings (SSSR count). The normalized spacial score (nSPS) is 12.4. The Morgan fingerprint density at radius 2 is 2.18 bits per heavy atom. The number of aryl methyl sites for hydroxylation is 1. The Morgan fingerprint density at radius 3 is 2.86 bits per heavy atom. The van der Waals surface area contributed by atoms with E-state index in [9.17, 15) is 5.11 Å². The van der Waals surface area contributed by atoms with Crippen LogP contribution in [0.5, 0.6) is 5.75 Å². The fraction of sp³-hybridized carbons (Fsp3) is 0.400. The molecule has 0 aliphatic heterocycles. The predicted octanol–water partition coefficient (Wildman–Crippen LogP) is 2.56. The minimum Gasteiger partial charge on any atom is -0.489 e. The lowest BCUT2D eigenvalue weighted by Gasteiger charge is -2.14. The van der Waals surface area contributed by atoms with Crippen molar-refractivity contribution in [2.45, 2.75) is 19.6 Å². The monoisotopic (exact) mass is 343 g/mol. The van der Waals surface area contributed by atoms with Gasteiger partial charge in [0.25, 0.3) is 0 Å². The quantitative estimate of drug-likeness (QED) is 0.811. The molecule has 7 heteroatoms. The van der Waals surface area contributed by atoms with Gasteiger partial charge in [0, 0.05) is 31.4 Å². The number of aliphatic hydroxyl groups excluding tert-OH is 1. The topological polar surface area (TPSA) is 59.3 Å². The Bertz CT molecular complexity index is 631. The largest absolute Gasteiger partial charge is 0.489 e. The molecule has 0 amide bonds. The first-order valence-corrected chi connectivity index (χ1v) is 7.67. The summed E-state index contributed by atoms with van der Waals surface area (Å²) < 4.78 is 7.30. The summed E-state index contributed by atoms with van der Waals surface area (Å²) in [6.07, 6.45) is 1.17. The van der Waals surface area contributed by atoms with E-state index in [-0.39, 0.29) is 6.61 Å². The molecule has 0 radical (unpaired) electrons. The number of nitrogens with zero attached hydrogens (tertiary/aromatic N) is 2. The van der Waals surface area contributed by atoms with Crippen LogP contribution >= 0.6 is 23.2 Å². The van der Waals surface area contributed by atoms with Crippen molar-refractivity contribution in [2.24, 2.45) is 7.05 Å². The summed E-state index contributed by atoms with van der Waals surface area (Å²) in [6.45, 7) is 3.20. The molecule has 1 unspecified atom stereocenters. The van der Waals surface area contributed by atoms with Gasteiger partial charge in [0.1, 0.15) is 23.5 Å². The number of halogens is 2. The molecular formula is C15H19Cl2N3O2. The van der Waals surface area contributed by atoms with Crippen LogP contribution in [0.1, 0.15) is 11.3 Å². The van der Waals surface area contributed by atoms with Gasteiger partial charge < -0.3 is 15.2 Å². The molecule has 0 spiro atoms. The maximum absolute atomic E-state index is 9.94. The second-order valence-electron chi connectivity index (χ2n) is 5.03. The molecule has 1 aromatic heterocycles. The van der Waals surface area contributed by atoms with Crippen molar-refractivity contribution in [2.75, 3.05) is 13.2 Å². The van der Waals surface area contributed by atoms with Gasteiger partial charge in [-0.05, 0) is 19.1 Å². The summed E-state index contributed by atoms with van der Waals surface area (Å²) in [7, 11) is 1.90. The molecule has 1 aromatic carbocycles. The van der Waals surface area contributed by atoms with Crippen molar-refractivity contribution in [3.05, 3.63) is 45.7 Å². The molecule has 5 nitrogen and oxygen atoms in total. The molecule has 120 valence electrons. The van der Waals surface area contributed by atoms with Crippen molar-refractivity contribution in [1.82, 2.24) is 15.1 Å². The Labute approximate surface area is 139 Å². The first kappa shape index (κ1) is 17.1. The lowest BCUT2D eigenvalue weighted by Crippen LogP contribution is -2.31. The summed E-state index contributed by atoms with van der Waals surface area (Å²) in [5.74, 6) is 0.469. The van der Waals surface area contributed by atoms with Crippen molar-refractivity contribution in [3.63, 3.8) is 0 Å². The Hall–Kier alpha value is -1.27. The minimum atomic E-state index is -0.646. The summed E-state index contributed by atoms with van der Waals surface area (Å²) in [5.41, 5.74) is 2.21.